The summed E-state index contributed by atoms with van der Waals surface area (Å²) in [6.45, 7) is -0.297. The molecule has 0 radical (unpaired) electrons. The zero-order valence-electron chi connectivity index (χ0n) is 9.35. The van der Waals surface area contributed by atoms with Crippen LogP contribution in [0.25, 0.3) is 0 Å². The summed E-state index contributed by atoms with van der Waals surface area (Å²) in [4.78, 5) is 21.3. The molecule has 5 atom stereocenters. The zero-order chi connectivity index (χ0) is 12.9. The van der Waals surface area contributed by atoms with E-state index in [1.165, 1.54) is 0 Å². The normalized spacial score (nSPS) is 42.8. The van der Waals surface area contributed by atoms with E-state index in [9.17, 15) is 18.0 Å². The van der Waals surface area contributed by atoms with Gasteiger partial charge in [0.2, 0.25) is 0 Å². The van der Waals surface area contributed by atoms with Crippen molar-refractivity contribution in [2.24, 2.45) is 11.8 Å². The maximum Gasteiger partial charge on any atom is 0.344 e. The summed E-state index contributed by atoms with van der Waals surface area (Å²) < 4.78 is 37.8. The van der Waals surface area contributed by atoms with Crippen LogP contribution in [0.4, 0.5) is 0 Å². The van der Waals surface area contributed by atoms with Gasteiger partial charge in [-0.2, -0.15) is 8.42 Å². The van der Waals surface area contributed by atoms with Crippen LogP contribution in [0.3, 0.4) is 0 Å². The van der Waals surface area contributed by atoms with E-state index in [4.69, 9.17) is 8.92 Å². The molecule has 2 bridgehead atoms. The van der Waals surface area contributed by atoms with Crippen molar-refractivity contribution < 1.29 is 31.7 Å². The lowest BCUT2D eigenvalue weighted by molar-refractivity contribution is -0.163. The third-order valence-corrected chi connectivity index (χ3v) is 5.72. The molecule has 8 heteroatoms. The van der Waals surface area contributed by atoms with Gasteiger partial charge in [-0.15, -0.1) is 0 Å². The van der Waals surface area contributed by atoms with E-state index >= 15 is 0 Å². The van der Waals surface area contributed by atoms with E-state index in [1.54, 1.807) is 0 Å². The molecule has 1 heterocycles. The first-order valence-corrected chi connectivity index (χ1v) is 7.17. The second-order valence-corrected chi connectivity index (χ2v) is 6.63. The molecular formula is C10H12O7S. The van der Waals surface area contributed by atoms with Gasteiger partial charge in [0.15, 0.2) is 6.61 Å². The van der Waals surface area contributed by atoms with Crippen LogP contribution < -0.4 is 0 Å². The van der Waals surface area contributed by atoms with E-state index in [0.29, 0.717) is 12.8 Å². The van der Waals surface area contributed by atoms with Crippen LogP contribution in [-0.4, -0.2) is 44.9 Å². The smallest absolute Gasteiger partial charge is 0.344 e. The van der Waals surface area contributed by atoms with Crippen molar-refractivity contribution in [3.63, 3.8) is 0 Å². The lowest BCUT2D eigenvalue weighted by atomic mass is 9.94. The van der Waals surface area contributed by atoms with Gasteiger partial charge in [-0.1, -0.05) is 0 Å². The molecule has 2 aliphatic carbocycles. The Morgan fingerprint density at radius 3 is 2.89 bits per heavy atom. The Morgan fingerprint density at radius 2 is 2.17 bits per heavy atom. The van der Waals surface area contributed by atoms with Crippen LogP contribution in [-0.2, 0) is 33.4 Å². The fourth-order valence-corrected chi connectivity index (χ4v) is 5.21. The van der Waals surface area contributed by atoms with E-state index in [2.05, 4.69) is 4.74 Å². The molecule has 5 unspecified atom stereocenters. The average molecular weight is 276 g/mol. The minimum absolute atomic E-state index is 0.0301. The van der Waals surface area contributed by atoms with Crippen molar-refractivity contribution in [3.8, 4) is 0 Å². The summed E-state index contributed by atoms with van der Waals surface area (Å²) in [5.41, 5.74) is 0. The lowest BCUT2D eigenvalue weighted by Crippen LogP contribution is -2.37. The topological polar surface area (TPSA) is 96.0 Å². The summed E-state index contributed by atoms with van der Waals surface area (Å²) >= 11 is 0. The molecule has 0 N–H and O–H groups in total. The molecule has 2 saturated carbocycles. The molecule has 0 spiro atoms. The highest BCUT2D eigenvalue weighted by Gasteiger charge is 2.65. The number of hydrogen-bond acceptors (Lipinski definition) is 7. The van der Waals surface area contributed by atoms with Gasteiger partial charge >= 0.3 is 5.97 Å². The highest BCUT2D eigenvalue weighted by molar-refractivity contribution is 7.87. The van der Waals surface area contributed by atoms with Gasteiger partial charge in [-0.3, -0.25) is 8.98 Å². The number of fused-ring (bicyclic) bond motifs is 1. The van der Waals surface area contributed by atoms with Crippen LogP contribution in [0.15, 0.2) is 0 Å². The molecule has 18 heavy (non-hydrogen) atoms. The monoisotopic (exact) mass is 276 g/mol. The van der Waals surface area contributed by atoms with Crippen LogP contribution in [0.1, 0.15) is 12.8 Å². The molecule has 3 rings (SSSR count). The first kappa shape index (κ1) is 11.9. The van der Waals surface area contributed by atoms with Crippen molar-refractivity contribution in [1.29, 1.82) is 0 Å². The fraction of sp³-hybridized carbons (Fsp3) is 0.800. The highest BCUT2D eigenvalue weighted by atomic mass is 32.2. The van der Waals surface area contributed by atoms with Gasteiger partial charge in [-0.25, -0.2) is 4.79 Å². The first-order valence-electron chi connectivity index (χ1n) is 5.70. The first-order chi connectivity index (χ1) is 8.53. The van der Waals surface area contributed by atoms with E-state index < -0.39 is 40.2 Å². The van der Waals surface area contributed by atoms with Crippen LogP contribution in [0.2, 0.25) is 0 Å². The minimum Gasteiger partial charge on any atom is -0.457 e. The molecular weight excluding hydrogens is 264 g/mol. The van der Waals surface area contributed by atoms with Gasteiger partial charge in [0, 0.05) is 11.8 Å². The minimum atomic E-state index is -3.50. The molecule has 3 fully saturated rings. The molecule has 1 saturated heterocycles. The molecule has 1 aliphatic heterocycles. The molecule has 3 aliphatic rings. The average Bonchev–Trinajstić information content (AvgIpc) is 2.90. The third-order valence-electron chi connectivity index (χ3n) is 3.95. The number of rotatable bonds is 4. The maximum atomic E-state index is 11.6. The van der Waals surface area contributed by atoms with Crippen LogP contribution in [0.5, 0.6) is 0 Å². The molecule has 100 valence electrons. The van der Waals surface area contributed by atoms with Crippen molar-refractivity contribution in [2.75, 3.05) is 6.61 Å². The molecule has 0 aromatic heterocycles. The van der Waals surface area contributed by atoms with Gasteiger partial charge in [-0.05, 0) is 12.8 Å². The van der Waals surface area contributed by atoms with Gasteiger partial charge in [0.25, 0.3) is 16.6 Å². The quantitative estimate of drug-likeness (QED) is 0.377. The third kappa shape index (κ3) is 1.63. The number of ether oxygens (including phenoxy) is 2. The molecule has 0 aromatic carbocycles. The largest absolute Gasteiger partial charge is 0.457 e. The Hall–Kier alpha value is -1.15. The summed E-state index contributed by atoms with van der Waals surface area (Å²) in [6, 6.07) is 0. The second-order valence-electron chi connectivity index (χ2n) is 4.85. The van der Waals surface area contributed by atoms with Gasteiger partial charge in [0.1, 0.15) is 12.2 Å². The zero-order valence-corrected chi connectivity index (χ0v) is 10.2. The predicted octanol–water partition coefficient (Wildman–Crippen LogP) is -0.792. The lowest BCUT2D eigenvalue weighted by Gasteiger charge is -2.24. The van der Waals surface area contributed by atoms with E-state index in [-0.39, 0.29) is 18.3 Å². The van der Waals surface area contributed by atoms with Crippen molar-refractivity contribution in [3.05, 3.63) is 0 Å². The van der Waals surface area contributed by atoms with E-state index in [1.807, 2.05) is 0 Å². The Kier molecular flexibility index (Phi) is 2.60. The summed E-state index contributed by atoms with van der Waals surface area (Å²) in [5.74, 6) is -0.712. The van der Waals surface area contributed by atoms with E-state index in [0.717, 1.165) is 0 Å². The number of carbonyl (C=O) groups is 2. The summed E-state index contributed by atoms with van der Waals surface area (Å²) in [6.07, 6.45) is 0.0991. The standard InChI is InChI=1S/C10H12O7S/c11-4-15-3-8(12)16-9-5-1-6-7(2-5)18(13,14)17-10(6)9/h4-7,9-10H,1-3H2. The maximum absolute atomic E-state index is 11.6. The second kappa shape index (κ2) is 3.92. The molecule has 0 amide bonds. The number of hydrogen-bond donors (Lipinski definition) is 0. The Morgan fingerprint density at radius 1 is 1.39 bits per heavy atom. The Bertz CT molecular complexity index is 484. The van der Waals surface area contributed by atoms with Crippen molar-refractivity contribution >= 4 is 22.6 Å². The Balaban J connectivity index is 1.70. The summed E-state index contributed by atoms with van der Waals surface area (Å²) in [5, 5.41) is -0.436. The van der Waals surface area contributed by atoms with Gasteiger partial charge < -0.3 is 9.47 Å². The number of carbonyl (C=O) groups excluding carboxylic acids is 2. The fourth-order valence-electron chi connectivity index (χ4n) is 3.33. The predicted molar refractivity (Wildman–Crippen MR) is 55.7 cm³/mol. The SMILES string of the molecule is O=COCC(=O)OC1C2CC3C1OS(=O)(=O)C3C2. The van der Waals surface area contributed by atoms with Crippen molar-refractivity contribution in [2.45, 2.75) is 30.3 Å². The van der Waals surface area contributed by atoms with Crippen LogP contribution >= 0.6 is 0 Å². The summed E-state index contributed by atoms with van der Waals surface area (Å²) in [7, 11) is -3.50. The molecule has 0 aromatic rings. The Labute approximate surface area is 104 Å². The number of esters is 1. The van der Waals surface area contributed by atoms with Crippen LogP contribution in [0, 0.1) is 11.8 Å². The van der Waals surface area contributed by atoms with Crippen molar-refractivity contribution in [1.82, 2.24) is 0 Å². The highest BCUT2D eigenvalue weighted by Crippen LogP contribution is 2.55. The molecule has 7 nitrogen and oxygen atoms in total. The van der Waals surface area contributed by atoms with Gasteiger partial charge in [0.05, 0.1) is 5.25 Å².